The van der Waals surface area contributed by atoms with Crippen molar-refractivity contribution in [1.29, 1.82) is 0 Å². The fourth-order valence-electron chi connectivity index (χ4n) is 3.01. The lowest BCUT2D eigenvalue weighted by atomic mass is 10.1. The zero-order valence-corrected chi connectivity index (χ0v) is 14.0. The largest absolute Gasteiger partial charge is 0.430 e. The van der Waals surface area contributed by atoms with Gasteiger partial charge in [0.2, 0.25) is 11.6 Å². The van der Waals surface area contributed by atoms with Crippen LogP contribution in [0.25, 0.3) is 0 Å². The molecule has 130 valence electrons. The Kier molecular flexibility index (Phi) is 4.60. The van der Waals surface area contributed by atoms with Gasteiger partial charge in [0.1, 0.15) is 0 Å². The predicted octanol–water partition coefficient (Wildman–Crippen LogP) is 3.05. The molecule has 1 aromatic rings. The smallest absolute Gasteiger partial charge is 0.341 e. The van der Waals surface area contributed by atoms with Crippen molar-refractivity contribution in [3.05, 3.63) is 35.4 Å². The van der Waals surface area contributed by atoms with Crippen molar-refractivity contribution in [2.75, 3.05) is 13.2 Å². The topological polar surface area (TPSA) is 71.1 Å². The highest BCUT2D eigenvalue weighted by Crippen LogP contribution is 2.30. The maximum absolute atomic E-state index is 12.5. The summed E-state index contributed by atoms with van der Waals surface area (Å²) in [6.07, 6.45) is 2.95. The van der Waals surface area contributed by atoms with Crippen molar-refractivity contribution in [3.63, 3.8) is 0 Å². The molecule has 1 aromatic carbocycles. The molecule has 0 N–H and O–H groups in total. The Hall–Kier alpha value is -1.92. The third kappa shape index (κ3) is 3.60. The molecule has 0 radical (unpaired) electrons. The summed E-state index contributed by atoms with van der Waals surface area (Å²) < 4.78 is 21.9. The third-order valence-corrected chi connectivity index (χ3v) is 4.35. The lowest BCUT2D eigenvalue weighted by molar-refractivity contribution is -0.162. The molecular weight excluding hydrogens is 312 g/mol. The van der Waals surface area contributed by atoms with E-state index < -0.39 is 23.5 Å². The summed E-state index contributed by atoms with van der Waals surface area (Å²) in [6, 6.07) is 6.46. The average Bonchev–Trinajstić information content (AvgIpc) is 3.16. The molecule has 0 bridgehead atoms. The summed E-state index contributed by atoms with van der Waals surface area (Å²) in [5, 5.41) is 0. The molecule has 0 amide bonds. The number of hydrogen-bond acceptors (Lipinski definition) is 6. The van der Waals surface area contributed by atoms with E-state index in [0.717, 1.165) is 12.8 Å². The Balaban J connectivity index is 1.77. The van der Waals surface area contributed by atoms with E-state index in [4.69, 9.17) is 18.9 Å². The first-order valence-electron chi connectivity index (χ1n) is 8.24. The SMILES string of the molecule is CC1(OC(=O)c2ccccc2C(=O)OC2(C)CCCO2)CCCO1. The minimum Gasteiger partial charge on any atom is -0.430 e. The Morgan fingerprint density at radius 2 is 1.29 bits per heavy atom. The monoisotopic (exact) mass is 334 g/mol. The highest BCUT2D eigenvalue weighted by atomic mass is 16.7. The molecule has 3 rings (SSSR count). The van der Waals surface area contributed by atoms with Crippen LogP contribution in [0.15, 0.2) is 24.3 Å². The van der Waals surface area contributed by atoms with Gasteiger partial charge < -0.3 is 18.9 Å². The van der Waals surface area contributed by atoms with Gasteiger partial charge in [0.05, 0.1) is 24.3 Å². The first kappa shape index (κ1) is 16.9. The number of carbonyl (C=O) groups is 2. The molecule has 0 saturated carbocycles. The second-order valence-electron chi connectivity index (χ2n) is 6.50. The predicted molar refractivity (Wildman–Crippen MR) is 84.5 cm³/mol. The van der Waals surface area contributed by atoms with Crippen molar-refractivity contribution in [2.24, 2.45) is 0 Å². The zero-order chi connectivity index (χ0) is 17.2. The molecule has 0 aromatic heterocycles. The summed E-state index contributed by atoms with van der Waals surface area (Å²) in [5.41, 5.74) is 0.335. The van der Waals surface area contributed by atoms with Crippen LogP contribution in [0.5, 0.6) is 0 Å². The van der Waals surface area contributed by atoms with Crippen molar-refractivity contribution >= 4 is 11.9 Å². The van der Waals surface area contributed by atoms with E-state index in [2.05, 4.69) is 0 Å². The van der Waals surface area contributed by atoms with Gasteiger partial charge in [-0.25, -0.2) is 9.59 Å². The molecule has 0 aliphatic carbocycles. The number of carbonyl (C=O) groups excluding carboxylic acids is 2. The number of rotatable bonds is 4. The Bertz CT molecular complexity index is 571. The van der Waals surface area contributed by atoms with E-state index in [1.807, 2.05) is 0 Å². The molecule has 0 spiro atoms. The van der Waals surface area contributed by atoms with Crippen LogP contribution in [-0.4, -0.2) is 36.7 Å². The van der Waals surface area contributed by atoms with E-state index in [9.17, 15) is 9.59 Å². The van der Waals surface area contributed by atoms with Gasteiger partial charge in [-0.2, -0.15) is 0 Å². The van der Waals surface area contributed by atoms with Gasteiger partial charge in [-0.3, -0.25) is 0 Å². The molecule has 2 unspecified atom stereocenters. The minimum absolute atomic E-state index is 0.167. The summed E-state index contributed by atoms with van der Waals surface area (Å²) in [7, 11) is 0. The average molecular weight is 334 g/mol. The third-order valence-electron chi connectivity index (χ3n) is 4.35. The normalized spacial score (nSPS) is 29.4. The van der Waals surface area contributed by atoms with Crippen LogP contribution in [0.1, 0.15) is 60.2 Å². The van der Waals surface area contributed by atoms with Gasteiger partial charge in [-0.15, -0.1) is 0 Å². The zero-order valence-electron chi connectivity index (χ0n) is 14.0. The van der Waals surface area contributed by atoms with Crippen LogP contribution in [0.3, 0.4) is 0 Å². The van der Waals surface area contributed by atoms with Gasteiger partial charge in [-0.1, -0.05) is 12.1 Å². The van der Waals surface area contributed by atoms with Gasteiger partial charge in [0.15, 0.2) is 0 Å². The first-order valence-corrected chi connectivity index (χ1v) is 8.24. The standard InChI is InChI=1S/C18H22O6/c1-17(9-5-11-21-17)23-15(19)13-7-3-4-8-14(13)16(20)24-18(2)10-6-12-22-18/h3-4,7-8H,5-6,9-12H2,1-2H3. The highest BCUT2D eigenvalue weighted by molar-refractivity contribution is 6.03. The summed E-state index contributed by atoms with van der Waals surface area (Å²) >= 11 is 0. The van der Waals surface area contributed by atoms with E-state index in [-0.39, 0.29) is 11.1 Å². The fourth-order valence-corrected chi connectivity index (χ4v) is 3.01. The molecule has 24 heavy (non-hydrogen) atoms. The summed E-state index contributed by atoms with van der Waals surface area (Å²) in [6.45, 7) is 4.57. The molecule has 2 atom stereocenters. The fraction of sp³-hybridized carbons (Fsp3) is 0.556. The molecule has 2 heterocycles. The van der Waals surface area contributed by atoms with Crippen LogP contribution in [0, 0.1) is 0 Å². The van der Waals surface area contributed by atoms with Crippen molar-refractivity contribution in [3.8, 4) is 0 Å². The van der Waals surface area contributed by atoms with E-state index in [0.29, 0.717) is 26.1 Å². The van der Waals surface area contributed by atoms with E-state index in [1.165, 1.54) is 0 Å². The van der Waals surface area contributed by atoms with Crippen molar-refractivity contribution in [1.82, 2.24) is 0 Å². The van der Waals surface area contributed by atoms with Crippen molar-refractivity contribution < 1.29 is 28.5 Å². The van der Waals surface area contributed by atoms with Crippen LogP contribution < -0.4 is 0 Å². The van der Waals surface area contributed by atoms with Gasteiger partial charge >= 0.3 is 11.9 Å². The lowest BCUT2D eigenvalue weighted by Gasteiger charge is -2.25. The van der Waals surface area contributed by atoms with Gasteiger partial charge in [-0.05, 0) is 25.0 Å². The molecule has 6 nitrogen and oxygen atoms in total. The van der Waals surface area contributed by atoms with Gasteiger partial charge in [0, 0.05) is 26.7 Å². The molecular formula is C18H22O6. The Labute approximate surface area is 141 Å². The highest BCUT2D eigenvalue weighted by Gasteiger charge is 2.37. The van der Waals surface area contributed by atoms with Crippen LogP contribution in [0.2, 0.25) is 0 Å². The first-order chi connectivity index (χ1) is 11.4. The van der Waals surface area contributed by atoms with Crippen LogP contribution in [0.4, 0.5) is 0 Å². The molecule has 2 aliphatic rings. The molecule has 2 saturated heterocycles. The van der Waals surface area contributed by atoms with E-state index in [1.54, 1.807) is 38.1 Å². The van der Waals surface area contributed by atoms with Crippen LogP contribution in [-0.2, 0) is 18.9 Å². The second-order valence-corrected chi connectivity index (χ2v) is 6.50. The number of esters is 2. The second kappa shape index (κ2) is 6.53. The quantitative estimate of drug-likeness (QED) is 0.788. The number of ether oxygens (including phenoxy) is 4. The number of hydrogen-bond donors (Lipinski definition) is 0. The maximum atomic E-state index is 12.5. The maximum Gasteiger partial charge on any atom is 0.341 e. The number of benzene rings is 1. The lowest BCUT2D eigenvalue weighted by Crippen LogP contribution is -2.33. The molecule has 2 fully saturated rings. The van der Waals surface area contributed by atoms with Gasteiger partial charge in [0.25, 0.3) is 0 Å². The van der Waals surface area contributed by atoms with Crippen molar-refractivity contribution in [2.45, 2.75) is 51.1 Å². The summed E-state index contributed by atoms with van der Waals surface area (Å²) in [4.78, 5) is 25.0. The minimum atomic E-state index is -0.936. The van der Waals surface area contributed by atoms with E-state index >= 15 is 0 Å². The Morgan fingerprint density at radius 1 is 0.875 bits per heavy atom. The van der Waals surface area contributed by atoms with Crippen LogP contribution >= 0.6 is 0 Å². The summed E-state index contributed by atoms with van der Waals surface area (Å²) in [5.74, 6) is -3.06. The molecule has 2 aliphatic heterocycles. The Morgan fingerprint density at radius 3 is 1.62 bits per heavy atom. The molecule has 6 heteroatoms.